The Morgan fingerprint density at radius 1 is 1.38 bits per heavy atom. The van der Waals surface area contributed by atoms with Crippen molar-refractivity contribution in [3.63, 3.8) is 0 Å². The standard InChI is InChI=1S/C13H13FN2O4S/c1-8-5-9(16(2)15-8)7-21(19,20)10-3-4-12(14)11(6-10)13(17)18/h3-6H,7H2,1-2H3,(H,17,18). The van der Waals surface area contributed by atoms with E-state index in [9.17, 15) is 17.6 Å². The van der Waals surface area contributed by atoms with Gasteiger partial charge in [-0.15, -0.1) is 0 Å². The fraction of sp³-hybridized carbons (Fsp3) is 0.231. The van der Waals surface area contributed by atoms with Crippen molar-refractivity contribution in [2.24, 2.45) is 7.05 Å². The van der Waals surface area contributed by atoms with E-state index in [1.165, 1.54) is 4.68 Å². The molecule has 0 bridgehead atoms. The van der Waals surface area contributed by atoms with Gasteiger partial charge in [0.05, 0.1) is 27.6 Å². The van der Waals surface area contributed by atoms with Crippen LogP contribution in [0.15, 0.2) is 29.2 Å². The lowest BCUT2D eigenvalue weighted by Gasteiger charge is -2.06. The molecule has 0 unspecified atom stereocenters. The van der Waals surface area contributed by atoms with Crippen molar-refractivity contribution in [2.45, 2.75) is 17.6 Å². The van der Waals surface area contributed by atoms with Gasteiger partial charge in [0.1, 0.15) is 5.82 Å². The number of benzene rings is 1. The third-order valence-corrected chi connectivity index (χ3v) is 4.61. The zero-order valence-corrected chi connectivity index (χ0v) is 12.2. The van der Waals surface area contributed by atoms with E-state index < -0.39 is 27.2 Å². The van der Waals surface area contributed by atoms with Crippen LogP contribution >= 0.6 is 0 Å². The summed E-state index contributed by atoms with van der Waals surface area (Å²) in [5.41, 5.74) is 0.471. The second-order valence-corrected chi connectivity index (χ2v) is 6.60. The van der Waals surface area contributed by atoms with Crippen LogP contribution < -0.4 is 0 Å². The molecule has 8 heteroatoms. The van der Waals surface area contributed by atoms with Crippen LogP contribution in [0.3, 0.4) is 0 Å². The molecule has 0 fully saturated rings. The Morgan fingerprint density at radius 2 is 2.05 bits per heavy atom. The molecule has 0 atom stereocenters. The Morgan fingerprint density at radius 3 is 2.57 bits per heavy atom. The highest BCUT2D eigenvalue weighted by atomic mass is 32.2. The van der Waals surface area contributed by atoms with Crippen LogP contribution in [0.25, 0.3) is 0 Å². The third kappa shape index (κ3) is 3.10. The van der Waals surface area contributed by atoms with Gasteiger partial charge in [-0.3, -0.25) is 4.68 Å². The summed E-state index contributed by atoms with van der Waals surface area (Å²) in [6, 6.07) is 4.35. The van der Waals surface area contributed by atoms with Crippen LogP contribution in [0.5, 0.6) is 0 Å². The number of hydrogen-bond donors (Lipinski definition) is 1. The fourth-order valence-corrected chi connectivity index (χ4v) is 3.34. The highest BCUT2D eigenvalue weighted by molar-refractivity contribution is 7.90. The molecule has 0 aliphatic heterocycles. The number of hydrogen-bond acceptors (Lipinski definition) is 4. The Bertz CT molecular complexity index is 812. The van der Waals surface area contributed by atoms with E-state index in [0.717, 1.165) is 18.2 Å². The number of carboxylic acids is 1. The van der Waals surface area contributed by atoms with Crippen molar-refractivity contribution in [3.05, 3.63) is 47.0 Å². The van der Waals surface area contributed by atoms with Crippen LogP contribution in [0.2, 0.25) is 0 Å². The molecule has 2 rings (SSSR count). The number of aromatic carboxylic acids is 1. The molecule has 0 saturated heterocycles. The summed E-state index contributed by atoms with van der Waals surface area (Å²) in [4.78, 5) is 10.6. The number of carbonyl (C=O) groups is 1. The quantitative estimate of drug-likeness (QED) is 0.865. The summed E-state index contributed by atoms with van der Waals surface area (Å²) in [7, 11) is -2.17. The van der Waals surface area contributed by atoms with Gasteiger partial charge >= 0.3 is 5.97 Å². The van der Waals surface area contributed by atoms with Gasteiger partial charge < -0.3 is 5.11 Å². The molecule has 21 heavy (non-hydrogen) atoms. The predicted octanol–water partition coefficient (Wildman–Crippen LogP) is 1.54. The van der Waals surface area contributed by atoms with E-state index in [-0.39, 0.29) is 10.6 Å². The van der Waals surface area contributed by atoms with E-state index in [0.29, 0.717) is 11.4 Å². The molecule has 0 aliphatic carbocycles. The average Bonchev–Trinajstić information content (AvgIpc) is 2.66. The number of aryl methyl sites for hydroxylation is 2. The number of sulfone groups is 1. The number of aromatic nitrogens is 2. The first-order chi connectivity index (χ1) is 9.70. The Hall–Kier alpha value is -2.22. The number of halogens is 1. The summed E-state index contributed by atoms with van der Waals surface area (Å²) in [5, 5.41) is 12.9. The molecule has 112 valence electrons. The van der Waals surface area contributed by atoms with Crippen molar-refractivity contribution >= 4 is 15.8 Å². The smallest absolute Gasteiger partial charge is 0.338 e. The van der Waals surface area contributed by atoms with Crippen LogP contribution in [0.4, 0.5) is 4.39 Å². The molecule has 1 aromatic heterocycles. The molecular formula is C13H13FN2O4S. The third-order valence-electron chi connectivity index (χ3n) is 2.96. The van der Waals surface area contributed by atoms with Gasteiger partial charge in [-0.2, -0.15) is 5.10 Å². The number of nitrogens with zero attached hydrogens (tertiary/aromatic N) is 2. The number of carboxylic acid groups (broad SMARTS) is 1. The van der Waals surface area contributed by atoms with Crippen molar-refractivity contribution < 1.29 is 22.7 Å². The lowest BCUT2D eigenvalue weighted by Crippen LogP contribution is -2.10. The number of rotatable bonds is 4. The SMILES string of the molecule is Cc1cc(CS(=O)(=O)c2ccc(F)c(C(=O)O)c2)n(C)n1. The maximum atomic E-state index is 13.3. The minimum absolute atomic E-state index is 0.236. The minimum atomic E-state index is -3.79. The van der Waals surface area contributed by atoms with Gasteiger partial charge in [-0.25, -0.2) is 17.6 Å². The summed E-state index contributed by atoms with van der Waals surface area (Å²) in [6.45, 7) is 1.73. The summed E-state index contributed by atoms with van der Waals surface area (Å²) >= 11 is 0. The van der Waals surface area contributed by atoms with Crippen molar-refractivity contribution in [2.75, 3.05) is 0 Å². The lowest BCUT2D eigenvalue weighted by atomic mass is 10.2. The monoisotopic (exact) mass is 312 g/mol. The van der Waals surface area contributed by atoms with Crippen molar-refractivity contribution in [1.29, 1.82) is 0 Å². The molecule has 0 spiro atoms. The zero-order valence-electron chi connectivity index (χ0n) is 11.4. The maximum Gasteiger partial charge on any atom is 0.338 e. The second-order valence-electron chi connectivity index (χ2n) is 4.61. The largest absolute Gasteiger partial charge is 0.478 e. The zero-order chi connectivity index (χ0) is 15.8. The van der Waals surface area contributed by atoms with Crippen LogP contribution in [0.1, 0.15) is 21.7 Å². The molecule has 0 saturated carbocycles. The Kier molecular flexibility index (Phi) is 3.82. The first kappa shape index (κ1) is 15.2. The first-order valence-corrected chi connectivity index (χ1v) is 7.61. The van der Waals surface area contributed by atoms with Gasteiger partial charge in [0.15, 0.2) is 9.84 Å². The molecule has 6 nitrogen and oxygen atoms in total. The minimum Gasteiger partial charge on any atom is -0.478 e. The molecular weight excluding hydrogens is 299 g/mol. The van der Waals surface area contributed by atoms with Crippen molar-refractivity contribution in [3.8, 4) is 0 Å². The van der Waals surface area contributed by atoms with Gasteiger partial charge in [0.2, 0.25) is 0 Å². The van der Waals surface area contributed by atoms with E-state index in [1.807, 2.05) is 0 Å². The van der Waals surface area contributed by atoms with Gasteiger partial charge in [-0.1, -0.05) is 0 Å². The average molecular weight is 312 g/mol. The van der Waals surface area contributed by atoms with Gasteiger partial charge in [-0.05, 0) is 31.2 Å². The maximum absolute atomic E-state index is 13.3. The fourth-order valence-electron chi connectivity index (χ4n) is 1.94. The van der Waals surface area contributed by atoms with Crippen LogP contribution in [-0.4, -0.2) is 29.3 Å². The van der Waals surface area contributed by atoms with Crippen molar-refractivity contribution in [1.82, 2.24) is 9.78 Å². The second kappa shape index (κ2) is 5.28. The molecule has 2 aromatic rings. The predicted molar refractivity (Wildman–Crippen MR) is 72.2 cm³/mol. The molecule has 1 aromatic carbocycles. The normalized spacial score (nSPS) is 11.6. The first-order valence-electron chi connectivity index (χ1n) is 5.96. The van der Waals surface area contributed by atoms with Gasteiger partial charge in [0, 0.05) is 7.05 Å². The van der Waals surface area contributed by atoms with E-state index in [4.69, 9.17) is 5.11 Å². The van der Waals surface area contributed by atoms with E-state index in [2.05, 4.69) is 5.10 Å². The summed E-state index contributed by atoms with van der Waals surface area (Å²) in [5.74, 6) is -2.83. The Labute approximate surface area is 120 Å². The lowest BCUT2D eigenvalue weighted by molar-refractivity contribution is 0.0691. The highest BCUT2D eigenvalue weighted by Crippen LogP contribution is 2.20. The Balaban J connectivity index is 2.42. The van der Waals surface area contributed by atoms with E-state index in [1.54, 1.807) is 20.0 Å². The van der Waals surface area contributed by atoms with Crippen LogP contribution in [-0.2, 0) is 22.6 Å². The highest BCUT2D eigenvalue weighted by Gasteiger charge is 2.21. The molecule has 0 aliphatic rings. The van der Waals surface area contributed by atoms with Gasteiger partial charge in [0.25, 0.3) is 0 Å². The summed E-state index contributed by atoms with van der Waals surface area (Å²) < 4.78 is 39.3. The molecule has 0 radical (unpaired) electrons. The summed E-state index contributed by atoms with van der Waals surface area (Å²) in [6.07, 6.45) is 0. The molecule has 0 amide bonds. The topological polar surface area (TPSA) is 89.3 Å². The molecule has 1 N–H and O–H groups in total. The van der Waals surface area contributed by atoms with E-state index >= 15 is 0 Å². The molecule has 1 heterocycles. The van der Waals surface area contributed by atoms with Crippen LogP contribution in [0, 0.1) is 12.7 Å².